The van der Waals surface area contributed by atoms with Crippen molar-refractivity contribution in [2.24, 2.45) is 17.2 Å². The van der Waals surface area contributed by atoms with Crippen molar-refractivity contribution >= 4 is 56.6 Å². The third-order valence-corrected chi connectivity index (χ3v) is 5.12. The lowest BCUT2D eigenvalue weighted by molar-refractivity contribution is -0.140. The van der Waals surface area contributed by atoms with E-state index in [4.69, 9.17) is 4.84 Å². The lowest BCUT2D eigenvalue weighted by Gasteiger charge is -2.04. The molecule has 0 saturated heterocycles. The Balaban J connectivity index is 2.00. The Labute approximate surface area is 162 Å². The van der Waals surface area contributed by atoms with Crippen molar-refractivity contribution in [3.8, 4) is 5.88 Å². The summed E-state index contributed by atoms with van der Waals surface area (Å²) in [5.41, 5.74) is 3.87. The molecule has 0 unspecified atom stereocenters. The number of aromatic hydroxyl groups is 1. The summed E-state index contributed by atoms with van der Waals surface area (Å²) in [4.78, 5) is 20.8. The van der Waals surface area contributed by atoms with Gasteiger partial charge in [0.1, 0.15) is 11.4 Å². The zero-order chi connectivity index (χ0) is 18.4. The molecule has 2 heterocycles. The first-order chi connectivity index (χ1) is 12.5. The van der Waals surface area contributed by atoms with Crippen molar-refractivity contribution in [1.29, 1.82) is 0 Å². The second kappa shape index (κ2) is 6.24. The van der Waals surface area contributed by atoms with E-state index in [-0.39, 0.29) is 5.88 Å². The molecule has 0 atom stereocenters. The average molecular weight is 459 g/mol. The molecule has 1 N–H and O–H groups in total. The summed E-state index contributed by atoms with van der Waals surface area (Å²) in [7, 11) is 1.80. The van der Waals surface area contributed by atoms with Crippen LogP contribution in [0.5, 0.6) is 5.88 Å². The summed E-state index contributed by atoms with van der Waals surface area (Å²) in [5.74, 6) is -0.427. The Morgan fingerprint density at radius 3 is 2.77 bits per heavy atom. The zero-order valence-electron chi connectivity index (χ0n) is 14.0. The highest BCUT2D eigenvalue weighted by molar-refractivity contribution is 14.1. The number of oxime groups is 1. The molecule has 0 bridgehead atoms. The summed E-state index contributed by atoms with van der Waals surface area (Å²) >= 11 is 2.24. The fourth-order valence-electron chi connectivity index (χ4n) is 3.13. The van der Waals surface area contributed by atoms with E-state index >= 15 is 0 Å². The van der Waals surface area contributed by atoms with Crippen molar-refractivity contribution in [1.82, 2.24) is 4.57 Å². The van der Waals surface area contributed by atoms with Gasteiger partial charge in [-0.3, -0.25) is 0 Å². The SMILES string of the molecule is CC(=O)ON=C1C(c2c(O)n(C)c3c(I)cccc23)=Nc2ccccc21. The van der Waals surface area contributed by atoms with Crippen LogP contribution < -0.4 is 0 Å². The minimum Gasteiger partial charge on any atom is -0.494 e. The quantitative estimate of drug-likeness (QED) is 0.359. The van der Waals surface area contributed by atoms with Gasteiger partial charge in [-0.2, -0.15) is 0 Å². The molecule has 3 aromatic rings. The summed E-state index contributed by atoms with van der Waals surface area (Å²) in [6, 6.07) is 13.3. The van der Waals surface area contributed by atoms with Crippen LogP contribution in [-0.2, 0) is 16.7 Å². The second-order valence-corrected chi connectivity index (χ2v) is 7.06. The number of benzene rings is 2. The maximum absolute atomic E-state index is 11.3. The van der Waals surface area contributed by atoms with Crippen molar-refractivity contribution < 1.29 is 14.7 Å². The fraction of sp³-hybridized carbons (Fsp3) is 0.105. The first kappa shape index (κ1) is 16.8. The number of aliphatic imine (C=N–C) groups is 1. The number of carbonyl (C=O) groups is 1. The number of halogens is 1. The molecule has 0 spiro atoms. The van der Waals surface area contributed by atoms with Crippen LogP contribution in [0.2, 0.25) is 0 Å². The van der Waals surface area contributed by atoms with Crippen LogP contribution in [-0.4, -0.2) is 27.1 Å². The monoisotopic (exact) mass is 459 g/mol. The number of rotatable bonds is 2. The summed E-state index contributed by atoms with van der Waals surface area (Å²) in [5, 5.41) is 15.7. The number of fused-ring (bicyclic) bond motifs is 2. The molecular formula is C19H14IN3O3. The van der Waals surface area contributed by atoms with E-state index in [1.54, 1.807) is 11.6 Å². The lowest BCUT2D eigenvalue weighted by Crippen LogP contribution is -2.14. The number of nitrogens with zero attached hydrogens (tertiary/aromatic N) is 3. The van der Waals surface area contributed by atoms with Gasteiger partial charge in [0.2, 0.25) is 5.88 Å². The van der Waals surface area contributed by atoms with E-state index in [9.17, 15) is 9.90 Å². The number of carbonyl (C=O) groups excluding carboxylic acids is 1. The highest BCUT2D eigenvalue weighted by atomic mass is 127. The minimum atomic E-state index is -0.516. The molecule has 0 aliphatic carbocycles. The van der Waals surface area contributed by atoms with Crippen molar-refractivity contribution in [3.05, 3.63) is 57.2 Å². The van der Waals surface area contributed by atoms with E-state index in [0.29, 0.717) is 17.0 Å². The molecule has 0 saturated carbocycles. The lowest BCUT2D eigenvalue weighted by atomic mass is 10.0. The molecule has 4 rings (SSSR count). The normalized spacial score (nSPS) is 14.6. The Kier molecular flexibility index (Phi) is 4.03. The first-order valence-corrected chi connectivity index (χ1v) is 8.97. The fourth-order valence-corrected chi connectivity index (χ4v) is 3.99. The summed E-state index contributed by atoms with van der Waals surface area (Å²) in [6.07, 6.45) is 0. The Bertz CT molecular complexity index is 1130. The summed E-state index contributed by atoms with van der Waals surface area (Å²) < 4.78 is 2.74. The highest BCUT2D eigenvalue weighted by Gasteiger charge is 2.30. The molecule has 130 valence electrons. The number of hydrogen-bond acceptors (Lipinski definition) is 5. The third-order valence-electron chi connectivity index (χ3n) is 4.25. The standard InChI is InChI=1S/C19H14IN3O3/c1-10(24)26-22-16-11-6-3-4-9-14(11)21-17(16)15-12-7-5-8-13(20)18(12)23(2)19(15)25/h3-9,25H,1-2H3. The van der Waals surface area contributed by atoms with Crippen LogP contribution in [0, 0.1) is 3.57 Å². The predicted molar refractivity (Wildman–Crippen MR) is 108 cm³/mol. The Morgan fingerprint density at radius 1 is 1.23 bits per heavy atom. The van der Waals surface area contributed by atoms with Gasteiger partial charge in [-0.25, -0.2) is 9.79 Å². The number of aromatic nitrogens is 1. The van der Waals surface area contributed by atoms with Gasteiger partial charge in [-0.1, -0.05) is 35.5 Å². The average Bonchev–Trinajstić information content (AvgIpc) is 3.09. The van der Waals surface area contributed by atoms with Crippen LogP contribution in [0.25, 0.3) is 10.9 Å². The van der Waals surface area contributed by atoms with Crippen LogP contribution >= 0.6 is 22.6 Å². The minimum absolute atomic E-state index is 0.0891. The van der Waals surface area contributed by atoms with E-state index < -0.39 is 5.97 Å². The Morgan fingerprint density at radius 2 is 2.00 bits per heavy atom. The van der Waals surface area contributed by atoms with E-state index in [0.717, 1.165) is 25.7 Å². The molecule has 1 aliphatic rings. The molecule has 0 fully saturated rings. The third kappa shape index (κ3) is 2.50. The number of aryl methyl sites for hydroxylation is 1. The van der Waals surface area contributed by atoms with E-state index in [1.807, 2.05) is 42.5 Å². The van der Waals surface area contributed by atoms with Gasteiger partial charge in [0.25, 0.3) is 0 Å². The predicted octanol–water partition coefficient (Wildman–Crippen LogP) is 3.89. The van der Waals surface area contributed by atoms with E-state index in [2.05, 4.69) is 32.7 Å². The Hall–Kier alpha value is -2.68. The molecule has 1 aromatic heterocycles. The molecular weight excluding hydrogens is 445 g/mol. The maximum Gasteiger partial charge on any atom is 0.332 e. The zero-order valence-corrected chi connectivity index (χ0v) is 16.2. The molecule has 0 radical (unpaired) electrons. The molecule has 7 heteroatoms. The van der Waals surface area contributed by atoms with Crippen molar-refractivity contribution in [3.63, 3.8) is 0 Å². The van der Waals surface area contributed by atoms with Crippen LogP contribution in [0.15, 0.2) is 52.6 Å². The summed E-state index contributed by atoms with van der Waals surface area (Å²) in [6.45, 7) is 1.29. The maximum atomic E-state index is 11.3. The molecule has 6 nitrogen and oxygen atoms in total. The molecule has 1 aliphatic heterocycles. The molecule has 2 aromatic carbocycles. The topological polar surface area (TPSA) is 76.2 Å². The van der Waals surface area contributed by atoms with Gasteiger partial charge in [-0.05, 0) is 34.7 Å². The van der Waals surface area contributed by atoms with Gasteiger partial charge in [-0.15, -0.1) is 0 Å². The van der Waals surface area contributed by atoms with Gasteiger partial charge < -0.3 is 14.5 Å². The van der Waals surface area contributed by atoms with Gasteiger partial charge in [0.15, 0.2) is 0 Å². The molecule has 26 heavy (non-hydrogen) atoms. The van der Waals surface area contributed by atoms with Crippen LogP contribution in [0.4, 0.5) is 5.69 Å². The number of hydrogen-bond donors (Lipinski definition) is 1. The first-order valence-electron chi connectivity index (χ1n) is 7.89. The number of para-hydroxylation sites is 2. The van der Waals surface area contributed by atoms with Crippen LogP contribution in [0.1, 0.15) is 18.1 Å². The second-order valence-electron chi connectivity index (χ2n) is 5.89. The van der Waals surface area contributed by atoms with Gasteiger partial charge in [0.05, 0.1) is 16.8 Å². The largest absolute Gasteiger partial charge is 0.494 e. The van der Waals surface area contributed by atoms with Crippen LogP contribution in [0.3, 0.4) is 0 Å². The van der Waals surface area contributed by atoms with Gasteiger partial charge >= 0.3 is 5.97 Å². The van der Waals surface area contributed by atoms with E-state index in [1.165, 1.54) is 6.92 Å². The molecule has 0 amide bonds. The smallest absolute Gasteiger partial charge is 0.332 e. The van der Waals surface area contributed by atoms with Gasteiger partial charge in [0, 0.05) is 28.5 Å². The van der Waals surface area contributed by atoms with Crippen molar-refractivity contribution in [2.45, 2.75) is 6.92 Å². The highest BCUT2D eigenvalue weighted by Crippen LogP contribution is 2.38. The van der Waals surface area contributed by atoms with Crippen molar-refractivity contribution in [2.75, 3.05) is 0 Å².